The monoisotopic (exact) mass is 252 g/mol. The van der Waals surface area contributed by atoms with E-state index in [1.807, 2.05) is 19.9 Å². The molecule has 0 radical (unpaired) electrons. The second kappa shape index (κ2) is 6.00. The summed E-state index contributed by atoms with van der Waals surface area (Å²) in [6, 6.07) is 1.87. The van der Waals surface area contributed by atoms with Crippen molar-refractivity contribution in [3.05, 3.63) is 11.8 Å². The summed E-state index contributed by atoms with van der Waals surface area (Å²) < 4.78 is 0. The van der Waals surface area contributed by atoms with Gasteiger partial charge in [-0.05, 0) is 26.2 Å². The number of nitrogens with zero attached hydrogens (tertiary/aromatic N) is 2. The van der Waals surface area contributed by atoms with E-state index in [9.17, 15) is 5.11 Å². The van der Waals surface area contributed by atoms with E-state index in [-0.39, 0.29) is 0 Å². The Bertz CT molecular complexity index is 391. The molecule has 102 valence electrons. The highest BCUT2D eigenvalue weighted by atomic mass is 16.3. The van der Waals surface area contributed by atoms with Crippen molar-refractivity contribution in [3.63, 3.8) is 0 Å². The maximum absolute atomic E-state index is 10.2. The van der Waals surface area contributed by atoms with Crippen LogP contribution >= 0.6 is 0 Å². The fourth-order valence-electron chi connectivity index (χ4n) is 2.00. The maximum Gasteiger partial charge on any atom is 0.224 e. The molecule has 0 aromatic carbocycles. The van der Waals surface area contributed by atoms with E-state index >= 15 is 0 Å². The minimum Gasteiger partial charge on any atom is -0.388 e. The van der Waals surface area contributed by atoms with Crippen molar-refractivity contribution < 1.29 is 5.11 Å². The number of aromatic nitrogens is 2. The van der Waals surface area contributed by atoms with E-state index in [1.54, 1.807) is 7.05 Å². The number of anilines is 2. The number of hydrogen-bond acceptors (Lipinski definition) is 5. The molecule has 1 heterocycles. The molecule has 0 aliphatic rings. The molecule has 0 fully saturated rings. The summed E-state index contributed by atoms with van der Waals surface area (Å²) in [5, 5.41) is 16.3. The summed E-state index contributed by atoms with van der Waals surface area (Å²) in [6.45, 7) is 8.43. The smallest absolute Gasteiger partial charge is 0.224 e. The molecular formula is C13H24N4O. The number of aliphatic hydroxyl groups is 1. The molecule has 0 saturated carbocycles. The van der Waals surface area contributed by atoms with E-state index in [0.29, 0.717) is 18.4 Å². The number of aryl methyl sites for hydroxylation is 1. The van der Waals surface area contributed by atoms with Gasteiger partial charge in [0, 0.05) is 25.4 Å². The lowest BCUT2D eigenvalue weighted by Gasteiger charge is -2.25. The second-order valence-corrected chi connectivity index (χ2v) is 5.42. The van der Waals surface area contributed by atoms with Crippen molar-refractivity contribution in [2.24, 2.45) is 5.92 Å². The Labute approximate surface area is 109 Å². The van der Waals surface area contributed by atoms with Crippen LogP contribution in [0.3, 0.4) is 0 Å². The SMILES string of the molecule is CNc1nc(C)cc(NCC(C)(O)CC(C)C)n1. The molecular weight excluding hydrogens is 228 g/mol. The van der Waals surface area contributed by atoms with E-state index in [4.69, 9.17) is 0 Å². The lowest BCUT2D eigenvalue weighted by Crippen LogP contribution is -2.35. The summed E-state index contributed by atoms with van der Waals surface area (Å²) in [5.74, 6) is 1.78. The fourth-order valence-corrected chi connectivity index (χ4v) is 2.00. The minimum atomic E-state index is -0.729. The predicted molar refractivity (Wildman–Crippen MR) is 74.9 cm³/mol. The molecule has 0 amide bonds. The summed E-state index contributed by atoms with van der Waals surface area (Å²) in [6.07, 6.45) is 0.753. The zero-order valence-electron chi connectivity index (χ0n) is 11.9. The van der Waals surface area contributed by atoms with Crippen molar-refractivity contribution in [1.82, 2.24) is 9.97 Å². The zero-order chi connectivity index (χ0) is 13.8. The third kappa shape index (κ3) is 4.87. The normalized spacial score (nSPS) is 14.4. The quantitative estimate of drug-likeness (QED) is 0.722. The van der Waals surface area contributed by atoms with Crippen molar-refractivity contribution >= 4 is 11.8 Å². The van der Waals surface area contributed by atoms with Gasteiger partial charge in [0.1, 0.15) is 5.82 Å². The minimum absolute atomic E-state index is 0.460. The molecule has 5 heteroatoms. The van der Waals surface area contributed by atoms with Gasteiger partial charge in [0.05, 0.1) is 5.60 Å². The third-order valence-electron chi connectivity index (χ3n) is 2.58. The van der Waals surface area contributed by atoms with Crippen LogP contribution in [0.2, 0.25) is 0 Å². The van der Waals surface area contributed by atoms with Gasteiger partial charge in [-0.15, -0.1) is 0 Å². The van der Waals surface area contributed by atoms with Crippen LogP contribution in [-0.4, -0.2) is 34.3 Å². The van der Waals surface area contributed by atoms with Crippen LogP contribution in [0.5, 0.6) is 0 Å². The maximum atomic E-state index is 10.2. The number of nitrogens with one attached hydrogen (secondary N) is 2. The Hall–Kier alpha value is -1.36. The molecule has 5 nitrogen and oxygen atoms in total. The van der Waals surface area contributed by atoms with Gasteiger partial charge in [0.2, 0.25) is 5.95 Å². The van der Waals surface area contributed by atoms with Crippen molar-refractivity contribution in [3.8, 4) is 0 Å². The van der Waals surface area contributed by atoms with Gasteiger partial charge in [0.15, 0.2) is 0 Å². The van der Waals surface area contributed by atoms with E-state index < -0.39 is 5.60 Å². The Morgan fingerprint density at radius 3 is 2.61 bits per heavy atom. The number of rotatable bonds is 6. The molecule has 1 aromatic heterocycles. The molecule has 1 aromatic rings. The van der Waals surface area contributed by atoms with Crippen LogP contribution in [0.4, 0.5) is 11.8 Å². The van der Waals surface area contributed by atoms with Gasteiger partial charge in [-0.25, -0.2) is 4.98 Å². The third-order valence-corrected chi connectivity index (χ3v) is 2.58. The topological polar surface area (TPSA) is 70.1 Å². The molecule has 1 atom stereocenters. The van der Waals surface area contributed by atoms with Crippen LogP contribution in [0.1, 0.15) is 32.9 Å². The van der Waals surface area contributed by atoms with Crippen LogP contribution in [0, 0.1) is 12.8 Å². The van der Waals surface area contributed by atoms with Gasteiger partial charge >= 0.3 is 0 Å². The van der Waals surface area contributed by atoms with Crippen LogP contribution in [0.25, 0.3) is 0 Å². The summed E-state index contributed by atoms with van der Waals surface area (Å²) in [4.78, 5) is 8.51. The Morgan fingerprint density at radius 2 is 2.06 bits per heavy atom. The first-order valence-corrected chi connectivity index (χ1v) is 6.32. The first-order valence-electron chi connectivity index (χ1n) is 6.32. The zero-order valence-corrected chi connectivity index (χ0v) is 11.9. The van der Waals surface area contributed by atoms with Crippen molar-refractivity contribution in [1.29, 1.82) is 0 Å². The van der Waals surface area contributed by atoms with Gasteiger partial charge in [-0.3, -0.25) is 0 Å². The van der Waals surface area contributed by atoms with E-state index in [1.165, 1.54) is 0 Å². The van der Waals surface area contributed by atoms with Crippen LogP contribution in [-0.2, 0) is 0 Å². The van der Waals surface area contributed by atoms with Gasteiger partial charge < -0.3 is 15.7 Å². The highest BCUT2D eigenvalue weighted by Gasteiger charge is 2.21. The van der Waals surface area contributed by atoms with Crippen LogP contribution in [0.15, 0.2) is 6.07 Å². The highest BCUT2D eigenvalue weighted by molar-refractivity contribution is 5.42. The summed E-state index contributed by atoms with van der Waals surface area (Å²) in [5.41, 5.74) is 0.160. The average Bonchev–Trinajstić information content (AvgIpc) is 2.24. The molecule has 3 N–H and O–H groups in total. The second-order valence-electron chi connectivity index (χ2n) is 5.42. The molecule has 0 spiro atoms. The van der Waals surface area contributed by atoms with Crippen LogP contribution < -0.4 is 10.6 Å². The lowest BCUT2D eigenvalue weighted by molar-refractivity contribution is 0.0515. The van der Waals surface area contributed by atoms with Crippen molar-refractivity contribution in [2.45, 2.75) is 39.7 Å². The Balaban J connectivity index is 2.65. The van der Waals surface area contributed by atoms with Gasteiger partial charge in [0.25, 0.3) is 0 Å². The average molecular weight is 252 g/mol. The lowest BCUT2D eigenvalue weighted by atomic mass is 9.94. The molecule has 1 unspecified atom stereocenters. The standard InChI is InChI=1S/C13H24N4O/c1-9(2)7-13(4,18)8-15-11-6-10(3)16-12(14-5)17-11/h6,9,18H,7-8H2,1-5H3,(H2,14,15,16,17). The van der Waals surface area contributed by atoms with Gasteiger partial charge in [-0.1, -0.05) is 13.8 Å². The summed E-state index contributed by atoms with van der Waals surface area (Å²) in [7, 11) is 1.79. The molecule has 0 aliphatic heterocycles. The van der Waals surface area contributed by atoms with E-state index in [2.05, 4.69) is 34.4 Å². The predicted octanol–water partition coefficient (Wildman–Crippen LogP) is 2.04. The van der Waals surface area contributed by atoms with E-state index in [0.717, 1.165) is 17.9 Å². The Morgan fingerprint density at radius 1 is 1.39 bits per heavy atom. The number of hydrogen-bond donors (Lipinski definition) is 3. The van der Waals surface area contributed by atoms with Gasteiger partial charge in [-0.2, -0.15) is 4.98 Å². The first-order chi connectivity index (χ1) is 8.32. The molecule has 0 aliphatic carbocycles. The fraction of sp³-hybridized carbons (Fsp3) is 0.692. The largest absolute Gasteiger partial charge is 0.388 e. The Kier molecular flexibility index (Phi) is 4.90. The molecule has 18 heavy (non-hydrogen) atoms. The molecule has 0 bridgehead atoms. The van der Waals surface area contributed by atoms with Crippen molar-refractivity contribution in [2.75, 3.05) is 24.2 Å². The highest BCUT2D eigenvalue weighted by Crippen LogP contribution is 2.17. The first kappa shape index (κ1) is 14.7. The molecule has 1 rings (SSSR count). The molecule has 0 saturated heterocycles. The summed E-state index contributed by atoms with van der Waals surface area (Å²) >= 11 is 0.